The number of ether oxygens (including phenoxy) is 3. The number of carbonyl (C=O) groups is 3. The molecule has 0 bridgehead atoms. The molecule has 13 heteroatoms. The maximum absolute atomic E-state index is 12.5. The van der Waals surface area contributed by atoms with E-state index in [1.165, 1.54) is 19.4 Å². The molecule has 2 aromatic carbocycles. The highest BCUT2D eigenvalue weighted by Gasteiger charge is 2.32. The zero-order valence-corrected chi connectivity index (χ0v) is 21.2. The second-order valence-corrected chi connectivity index (χ2v) is 8.09. The van der Waals surface area contributed by atoms with Gasteiger partial charge in [-0.25, -0.2) is 15.0 Å². The minimum Gasteiger partial charge on any atom is -0.493 e. The van der Waals surface area contributed by atoms with Crippen molar-refractivity contribution in [3.63, 3.8) is 0 Å². The summed E-state index contributed by atoms with van der Waals surface area (Å²) >= 11 is 0. The van der Waals surface area contributed by atoms with E-state index in [0.717, 1.165) is 0 Å². The molecule has 1 aliphatic heterocycles. The molecule has 1 atom stereocenters. The molecule has 0 saturated heterocycles. The summed E-state index contributed by atoms with van der Waals surface area (Å²) in [7, 11) is 1.41. The van der Waals surface area contributed by atoms with Crippen LogP contribution in [0.3, 0.4) is 0 Å². The molecule has 200 valence electrons. The van der Waals surface area contributed by atoms with Crippen LogP contribution in [0.15, 0.2) is 52.8 Å². The van der Waals surface area contributed by atoms with Crippen molar-refractivity contribution < 1.29 is 33.5 Å². The van der Waals surface area contributed by atoms with Gasteiger partial charge in [0.2, 0.25) is 0 Å². The van der Waals surface area contributed by atoms with Gasteiger partial charge in [0.25, 0.3) is 11.6 Å². The van der Waals surface area contributed by atoms with Gasteiger partial charge < -0.3 is 24.8 Å². The van der Waals surface area contributed by atoms with Gasteiger partial charge in [-0.1, -0.05) is 18.2 Å². The lowest BCUT2D eigenvalue weighted by Gasteiger charge is -2.28. The number of benzene rings is 2. The van der Waals surface area contributed by atoms with E-state index in [4.69, 9.17) is 14.2 Å². The summed E-state index contributed by atoms with van der Waals surface area (Å²) in [6, 6.07) is 8.06. The summed E-state index contributed by atoms with van der Waals surface area (Å²) in [5.74, 6) is -0.648. The number of hydrogen-bond donors (Lipinski definition) is 3. The van der Waals surface area contributed by atoms with Crippen LogP contribution in [0, 0.1) is 17.0 Å². The van der Waals surface area contributed by atoms with Crippen molar-refractivity contribution in [2.24, 2.45) is 5.10 Å². The number of urea groups is 1. The number of allylic oxidation sites excluding steroid dienone is 1. The van der Waals surface area contributed by atoms with Crippen molar-refractivity contribution in [3.05, 3.63) is 74.5 Å². The number of methoxy groups -OCH3 is 1. The molecule has 0 radical (unpaired) electrons. The molecule has 3 amide bonds. The number of amides is 3. The highest BCUT2D eigenvalue weighted by atomic mass is 16.6. The third-order valence-electron chi connectivity index (χ3n) is 5.48. The average molecular weight is 526 g/mol. The van der Waals surface area contributed by atoms with E-state index in [-0.39, 0.29) is 29.4 Å². The zero-order valence-electron chi connectivity index (χ0n) is 21.2. The summed E-state index contributed by atoms with van der Waals surface area (Å²) in [4.78, 5) is 47.4. The summed E-state index contributed by atoms with van der Waals surface area (Å²) in [5, 5.41) is 20.1. The zero-order chi connectivity index (χ0) is 27.8. The molecule has 0 saturated carbocycles. The number of carbonyl (C=O) groups excluding carboxylic acids is 3. The quantitative estimate of drug-likeness (QED) is 0.184. The number of rotatable bonds is 10. The van der Waals surface area contributed by atoms with Crippen molar-refractivity contribution in [2.45, 2.75) is 26.8 Å². The molecule has 1 aliphatic rings. The van der Waals surface area contributed by atoms with E-state index in [1.54, 1.807) is 51.1 Å². The lowest BCUT2D eigenvalue weighted by Crippen LogP contribution is -2.45. The molecule has 3 N–H and O–H groups in total. The lowest BCUT2D eigenvalue weighted by atomic mass is 9.95. The van der Waals surface area contributed by atoms with E-state index in [9.17, 15) is 24.5 Å². The normalized spacial score (nSPS) is 14.9. The molecule has 38 heavy (non-hydrogen) atoms. The second-order valence-electron chi connectivity index (χ2n) is 8.09. The fourth-order valence-corrected chi connectivity index (χ4v) is 3.66. The highest BCUT2D eigenvalue weighted by Crippen LogP contribution is 2.34. The van der Waals surface area contributed by atoms with Gasteiger partial charge in [-0.05, 0) is 38.5 Å². The van der Waals surface area contributed by atoms with E-state index in [1.807, 2.05) is 0 Å². The molecular formula is C25H27N5O8. The minimum absolute atomic E-state index is 0.0526. The van der Waals surface area contributed by atoms with E-state index in [0.29, 0.717) is 22.4 Å². The Bertz CT molecular complexity index is 1320. The van der Waals surface area contributed by atoms with Gasteiger partial charge in [-0.15, -0.1) is 0 Å². The van der Waals surface area contributed by atoms with Crippen LogP contribution in [0.1, 0.15) is 36.6 Å². The first-order valence-corrected chi connectivity index (χ1v) is 11.5. The van der Waals surface area contributed by atoms with E-state index >= 15 is 0 Å². The lowest BCUT2D eigenvalue weighted by molar-refractivity contribution is -0.385. The Balaban J connectivity index is 1.68. The first kappa shape index (κ1) is 27.6. The average Bonchev–Trinajstić information content (AvgIpc) is 2.87. The molecule has 2 aromatic rings. The Morgan fingerprint density at radius 2 is 1.95 bits per heavy atom. The fourth-order valence-electron chi connectivity index (χ4n) is 3.66. The fraction of sp³-hybridized carbons (Fsp3) is 0.280. The van der Waals surface area contributed by atoms with E-state index in [2.05, 4.69) is 21.2 Å². The maximum atomic E-state index is 12.5. The number of aryl methyl sites for hydroxylation is 1. The van der Waals surface area contributed by atoms with Crippen molar-refractivity contribution in [1.29, 1.82) is 0 Å². The SMILES string of the molecule is CCOC(=O)C1=C(C)NC(=O)N[C@H]1c1ccc(OCC(=O)N/N=C\c2ccc(C)c([N+](=O)[O-])c2)c(OC)c1. The Kier molecular flexibility index (Phi) is 8.98. The van der Waals surface area contributed by atoms with Crippen LogP contribution in [-0.4, -0.2) is 49.4 Å². The Morgan fingerprint density at radius 1 is 1.18 bits per heavy atom. The Labute approximate surface area is 218 Å². The van der Waals surface area contributed by atoms with Gasteiger partial charge in [0.1, 0.15) is 0 Å². The topological polar surface area (TPSA) is 170 Å². The van der Waals surface area contributed by atoms with Crippen molar-refractivity contribution in [2.75, 3.05) is 20.3 Å². The number of nitrogens with one attached hydrogen (secondary N) is 3. The second kappa shape index (κ2) is 12.3. The maximum Gasteiger partial charge on any atom is 0.338 e. The number of nitro benzene ring substituents is 1. The van der Waals surface area contributed by atoms with Gasteiger partial charge in [0.05, 0.1) is 36.5 Å². The molecule has 0 aliphatic carbocycles. The van der Waals surface area contributed by atoms with Crippen LogP contribution < -0.4 is 25.5 Å². The number of hydrogen-bond acceptors (Lipinski definition) is 9. The molecule has 13 nitrogen and oxygen atoms in total. The van der Waals surface area contributed by atoms with Crippen LogP contribution in [0.25, 0.3) is 0 Å². The van der Waals surface area contributed by atoms with Crippen LogP contribution in [-0.2, 0) is 14.3 Å². The molecule has 0 spiro atoms. The first-order valence-electron chi connectivity index (χ1n) is 11.5. The van der Waals surface area contributed by atoms with Crippen LogP contribution in [0.2, 0.25) is 0 Å². The van der Waals surface area contributed by atoms with Crippen molar-refractivity contribution in [3.8, 4) is 11.5 Å². The standard InChI is InChI=1S/C25H27N5O8/c1-5-37-24(32)22-15(3)27-25(33)28-23(22)17-8-9-19(20(11-17)36-4)38-13-21(31)29-26-12-16-7-6-14(2)18(10-16)30(34)35/h6-12,23H,5,13H2,1-4H3,(H,29,31)(H2,27,28,33)/b26-12-/t23-/m0/s1. The molecule has 0 fully saturated rings. The summed E-state index contributed by atoms with van der Waals surface area (Å²) in [5.41, 5.74) is 4.34. The minimum atomic E-state index is -0.791. The third kappa shape index (κ3) is 6.63. The summed E-state index contributed by atoms with van der Waals surface area (Å²) < 4.78 is 16.1. The smallest absolute Gasteiger partial charge is 0.338 e. The number of hydrazone groups is 1. The molecule has 1 heterocycles. The number of esters is 1. The van der Waals surface area contributed by atoms with Crippen molar-refractivity contribution >= 4 is 29.8 Å². The summed E-state index contributed by atoms with van der Waals surface area (Å²) in [6.45, 7) is 4.68. The van der Waals surface area contributed by atoms with Gasteiger partial charge in [0, 0.05) is 22.9 Å². The van der Waals surface area contributed by atoms with Crippen molar-refractivity contribution in [1.82, 2.24) is 16.1 Å². The predicted octanol–water partition coefficient (Wildman–Crippen LogP) is 2.63. The number of nitrogens with zero attached hydrogens (tertiary/aromatic N) is 2. The highest BCUT2D eigenvalue weighted by molar-refractivity contribution is 5.95. The predicted molar refractivity (Wildman–Crippen MR) is 136 cm³/mol. The van der Waals surface area contributed by atoms with Gasteiger partial charge in [-0.2, -0.15) is 5.10 Å². The largest absolute Gasteiger partial charge is 0.493 e. The third-order valence-corrected chi connectivity index (χ3v) is 5.48. The Hall–Kier alpha value is -4.94. The monoisotopic (exact) mass is 525 g/mol. The Morgan fingerprint density at radius 3 is 2.63 bits per heavy atom. The van der Waals surface area contributed by atoms with E-state index < -0.39 is 35.5 Å². The van der Waals surface area contributed by atoms with Crippen LogP contribution >= 0.6 is 0 Å². The van der Waals surface area contributed by atoms with Crippen LogP contribution in [0.4, 0.5) is 10.5 Å². The molecule has 3 rings (SSSR count). The van der Waals surface area contributed by atoms with Crippen LogP contribution in [0.5, 0.6) is 11.5 Å². The van der Waals surface area contributed by atoms with Gasteiger partial charge in [-0.3, -0.25) is 14.9 Å². The molecule has 0 aromatic heterocycles. The molecular weight excluding hydrogens is 498 g/mol. The summed E-state index contributed by atoms with van der Waals surface area (Å²) in [6.07, 6.45) is 1.28. The first-order chi connectivity index (χ1) is 18.1. The molecule has 0 unspecified atom stereocenters. The number of nitro groups is 1. The van der Waals surface area contributed by atoms with Gasteiger partial charge in [0.15, 0.2) is 18.1 Å². The van der Waals surface area contributed by atoms with Gasteiger partial charge >= 0.3 is 12.0 Å².